The fourth-order valence-corrected chi connectivity index (χ4v) is 2.81. The Morgan fingerprint density at radius 1 is 1.17 bits per heavy atom. The minimum absolute atomic E-state index is 0.0152. The highest BCUT2D eigenvalue weighted by Gasteiger charge is 2.31. The van der Waals surface area contributed by atoms with Crippen LogP contribution in [0.2, 0.25) is 0 Å². The summed E-state index contributed by atoms with van der Waals surface area (Å²) in [6.45, 7) is 0.512. The lowest BCUT2D eigenvalue weighted by Gasteiger charge is -2.16. The molecule has 5 heteroatoms. The molecule has 0 unspecified atom stereocenters. The summed E-state index contributed by atoms with van der Waals surface area (Å²) in [5.41, 5.74) is 1.50. The maximum Gasteiger partial charge on any atom is 0.243 e. The van der Waals surface area contributed by atoms with Gasteiger partial charge in [-0.2, -0.15) is 0 Å². The summed E-state index contributed by atoms with van der Waals surface area (Å²) in [6, 6.07) is 15.5. The average Bonchev–Trinajstić information content (AvgIpc) is 2.89. The molecule has 1 aliphatic heterocycles. The number of amides is 2. The van der Waals surface area contributed by atoms with Gasteiger partial charge in [-0.05, 0) is 23.8 Å². The van der Waals surface area contributed by atoms with Crippen LogP contribution < -0.4 is 5.32 Å². The number of carbonyl (C=O) groups excluding carboxylic acids is 2. The summed E-state index contributed by atoms with van der Waals surface area (Å²) < 4.78 is 13.1. The molecule has 1 N–H and O–H groups in total. The molecule has 2 aromatic rings. The molecular weight excluding hydrogens is 295 g/mol. The van der Waals surface area contributed by atoms with Crippen molar-refractivity contribution in [2.75, 3.05) is 18.4 Å². The highest BCUT2D eigenvalue weighted by atomic mass is 19.1. The van der Waals surface area contributed by atoms with Crippen molar-refractivity contribution in [3.8, 4) is 0 Å². The van der Waals surface area contributed by atoms with Crippen LogP contribution >= 0.6 is 0 Å². The number of hydrogen-bond acceptors (Lipinski definition) is 2. The van der Waals surface area contributed by atoms with Crippen molar-refractivity contribution >= 4 is 17.5 Å². The summed E-state index contributed by atoms with van der Waals surface area (Å²) in [6.07, 6.45) is 0.414. The van der Waals surface area contributed by atoms with E-state index in [1.54, 1.807) is 11.0 Å². The summed E-state index contributed by atoms with van der Waals surface area (Å²) >= 11 is 0. The second-order valence-electron chi connectivity index (χ2n) is 5.64. The number of benzene rings is 2. The first-order chi connectivity index (χ1) is 11.1. The van der Waals surface area contributed by atoms with Crippen molar-refractivity contribution in [2.45, 2.75) is 12.3 Å². The molecule has 1 saturated heterocycles. The summed E-state index contributed by atoms with van der Waals surface area (Å²) in [5, 5.41) is 2.61. The van der Waals surface area contributed by atoms with Gasteiger partial charge in [0.15, 0.2) is 0 Å². The quantitative estimate of drug-likeness (QED) is 0.944. The number of anilines is 1. The maximum atomic E-state index is 13.1. The molecule has 0 saturated carbocycles. The van der Waals surface area contributed by atoms with E-state index in [-0.39, 0.29) is 24.3 Å². The Labute approximate surface area is 133 Å². The van der Waals surface area contributed by atoms with Gasteiger partial charge in [0, 0.05) is 24.6 Å². The zero-order chi connectivity index (χ0) is 16.2. The van der Waals surface area contributed by atoms with E-state index in [9.17, 15) is 14.0 Å². The highest BCUT2D eigenvalue weighted by Crippen LogP contribution is 2.27. The van der Waals surface area contributed by atoms with Gasteiger partial charge in [-0.25, -0.2) is 4.39 Å². The Hall–Kier alpha value is -2.69. The molecule has 0 bridgehead atoms. The third-order valence-electron chi connectivity index (χ3n) is 3.93. The van der Waals surface area contributed by atoms with Crippen molar-refractivity contribution in [1.82, 2.24) is 4.90 Å². The zero-order valence-electron chi connectivity index (χ0n) is 12.5. The van der Waals surface area contributed by atoms with Crippen LogP contribution in [0.25, 0.3) is 0 Å². The van der Waals surface area contributed by atoms with Crippen LogP contribution in [0.1, 0.15) is 17.9 Å². The first kappa shape index (κ1) is 15.2. The average molecular weight is 312 g/mol. The smallest absolute Gasteiger partial charge is 0.243 e. The molecule has 0 aliphatic carbocycles. The predicted octanol–water partition coefficient (Wildman–Crippen LogP) is 2.78. The van der Waals surface area contributed by atoms with Crippen LogP contribution in [0.4, 0.5) is 10.1 Å². The second-order valence-corrected chi connectivity index (χ2v) is 5.64. The van der Waals surface area contributed by atoms with Crippen LogP contribution in [0.3, 0.4) is 0 Å². The van der Waals surface area contributed by atoms with Crippen molar-refractivity contribution < 1.29 is 14.0 Å². The van der Waals surface area contributed by atoms with Crippen LogP contribution in [-0.4, -0.2) is 29.8 Å². The maximum absolute atomic E-state index is 13.1. The predicted molar refractivity (Wildman–Crippen MR) is 85.4 cm³/mol. The molecular formula is C18H17FN2O2. The first-order valence-corrected chi connectivity index (χ1v) is 7.50. The van der Waals surface area contributed by atoms with E-state index in [1.165, 1.54) is 18.2 Å². The molecule has 1 atom stereocenters. The molecule has 23 heavy (non-hydrogen) atoms. The summed E-state index contributed by atoms with van der Waals surface area (Å²) in [5.74, 6) is -0.652. The molecule has 118 valence electrons. The Balaban J connectivity index is 1.60. The van der Waals surface area contributed by atoms with Crippen LogP contribution in [-0.2, 0) is 9.59 Å². The number of rotatable bonds is 4. The van der Waals surface area contributed by atoms with E-state index in [0.717, 1.165) is 5.56 Å². The minimum Gasteiger partial charge on any atom is -0.333 e. The summed E-state index contributed by atoms with van der Waals surface area (Å²) in [4.78, 5) is 25.7. The van der Waals surface area contributed by atoms with E-state index in [4.69, 9.17) is 0 Å². The Bertz CT molecular complexity index is 718. The Morgan fingerprint density at radius 2 is 1.96 bits per heavy atom. The monoisotopic (exact) mass is 312 g/mol. The number of nitrogens with zero attached hydrogens (tertiary/aromatic N) is 1. The minimum atomic E-state index is -0.413. The summed E-state index contributed by atoms with van der Waals surface area (Å²) in [7, 11) is 0. The van der Waals surface area contributed by atoms with Crippen molar-refractivity contribution in [2.24, 2.45) is 0 Å². The van der Waals surface area contributed by atoms with Gasteiger partial charge in [-0.1, -0.05) is 36.4 Å². The number of likely N-dealkylation sites (tertiary alicyclic amines) is 1. The molecule has 1 heterocycles. The fraction of sp³-hybridized carbons (Fsp3) is 0.222. The molecule has 3 rings (SSSR count). The van der Waals surface area contributed by atoms with E-state index in [1.807, 2.05) is 30.3 Å². The van der Waals surface area contributed by atoms with Crippen molar-refractivity contribution in [1.29, 1.82) is 0 Å². The normalized spacial score (nSPS) is 17.3. The lowest BCUT2D eigenvalue weighted by molar-refractivity contribution is -0.131. The van der Waals surface area contributed by atoms with Gasteiger partial charge < -0.3 is 10.2 Å². The Kier molecular flexibility index (Phi) is 4.37. The van der Waals surface area contributed by atoms with E-state index < -0.39 is 5.82 Å². The molecule has 0 radical (unpaired) electrons. The van der Waals surface area contributed by atoms with Crippen LogP contribution in [0, 0.1) is 5.82 Å². The molecule has 1 aliphatic rings. The third kappa shape index (κ3) is 3.74. The van der Waals surface area contributed by atoms with Crippen molar-refractivity contribution in [3.63, 3.8) is 0 Å². The van der Waals surface area contributed by atoms with Crippen LogP contribution in [0.5, 0.6) is 0 Å². The molecule has 0 spiro atoms. The lowest BCUT2D eigenvalue weighted by atomic mass is 9.99. The standard InChI is InChI=1S/C18H17FN2O2/c19-15-7-4-8-16(10-15)20-17(22)12-21-11-14(9-18(21)23)13-5-2-1-3-6-13/h1-8,10,14H,9,11-12H2,(H,20,22)/t14-/m1/s1. The fourth-order valence-electron chi connectivity index (χ4n) is 2.81. The van der Waals surface area contributed by atoms with Gasteiger partial charge in [0.1, 0.15) is 5.82 Å². The van der Waals surface area contributed by atoms with Gasteiger partial charge >= 0.3 is 0 Å². The number of carbonyl (C=O) groups is 2. The highest BCUT2D eigenvalue weighted by molar-refractivity contribution is 5.95. The zero-order valence-corrected chi connectivity index (χ0v) is 12.5. The third-order valence-corrected chi connectivity index (χ3v) is 3.93. The van der Waals surface area contributed by atoms with Gasteiger partial charge in [-0.3, -0.25) is 9.59 Å². The van der Waals surface area contributed by atoms with Gasteiger partial charge in [0.25, 0.3) is 0 Å². The molecule has 4 nitrogen and oxygen atoms in total. The molecule has 1 fully saturated rings. The van der Waals surface area contributed by atoms with E-state index in [0.29, 0.717) is 18.7 Å². The van der Waals surface area contributed by atoms with Gasteiger partial charge in [0.2, 0.25) is 11.8 Å². The number of halogens is 1. The largest absolute Gasteiger partial charge is 0.333 e. The molecule has 2 aromatic carbocycles. The van der Waals surface area contributed by atoms with Gasteiger partial charge in [0.05, 0.1) is 6.54 Å². The SMILES string of the molecule is O=C(CN1C[C@H](c2ccccc2)CC1=O)Nc1cccc(F)c1. The second kappa shape index (κ2) is 6.60. The van der Waals surface area contributed by atoms with E-state index >= 15 is 0 Å². The lowest BCUT2D eigenvalue weighted by Crippen LogP contribution is -2.34. The topological polar surface area (TPSA) is 49.4 Å². The van der Waals surface area contributed by atoms with E-state index in [2.05, 4.69) is 5.32 Å². The van der Waals surface area contributed by atoms with Gasteiger partial charge in [-0.15, -0.1) is 0 Å². The number of hydrogen-bond donors (Lipinski definition) is 1. The Morgan fingerprint density at radius 3 is 2.70 bits per heavy atom. The number of nitrogens with one attached hydrogen (secondary N) is 1. The molecule has 0 aromatic heterocycles. The van der Waals surface area contributed by atoms with Crippen molar-refractivity contribution in [3.05, 3.63) is 66.0 Å². The van der Waals surface area contributed by atoms with Crippen LogP contribution in [0.15, 0.2) is 54.6 Å². The first-order valence-electron chi connectivity index (χ1n) is 7.50. The molecule has 2 amide bonds.